The van der Waals surface area contributed by atoms with Crippen LogP contribution in [0.1, 0.15) is 0 Å². The fourth-order valence-electron chi connectivity index (χ4n) is 2.32. The number of aromatic nitrogens is 3. The molecule has 0 aliphatic rings. The maximum absolute atomic E-state index is 12.7. The third-order valence-electron chi connectivity index (χ3n) is 3.33. The molecule has 102 valence electrons. The van der Waals surface area contributed by atoms with Crippen molar-refractivity contribution in [3.63, 3.8) is 0 Å². The maximum atomic E-state index is 12.7. The fourth-order valence-corrected chi connectivity index (χ4v) is 3.29. The van der Waals surface area contributed by atoms with E-state index in [1.165, 1.54) is 22.1 Å². The van der Waals surface area contributed by atoms with E-state index in [-0.39, 0.29) is 5.56 Å². The van der Waals surface area contributed by atoms with E-state index >= 15 is 0 Å². The van der Waals surface area contributed by atoms with Crippen LogP contribution in [-0.2, 0) is 0 Å². The summed E-state index contributed by atoms with van der Waals surface area (Å²) in [5, 5.41) is 3.34. The molecule has 4 nitrogen and oxygen atoms in total. The Hall–Kier alpha value is -2.24. The van der Waals surface area contributed by atoms with Gasteiger partial charge < -0.3 is 0 Å². The van der Waals surface area contributed by atoms with Crippen LogP contribution in [-0.4, -0.2) is 14.4 Å². The van der Waals surface area contributed by atoms with Gasteiger partial charge in [-0.05, 0) is 17.5 Å². The second kappa shape index (κ2) is 4.65. The average molecular weight is 314 g/mol. The van der Waals surface area contributed by atoms with E-state index in [1.807, 2.05) is 29.6 Å². The summed E-state index contributed by atoms with van der Waals surface area (Å²) >= 11 is 7.69. The molecule has 0 radical (unpaired) electrons. The maximum Gasteiger partial charge on any atom is 0.267 e. The lowest BCUT2D eigenvalue weighted by molar-refractivity contribution is 1.02. The van der Waals surface area contributed by atoms with E-state index in [0.717, 1.165) is 10.2 Å². The predicted octanol–water partition coefficient (Wildman–Crippen LogP) is 3.62. The van der Waals surface area contributed by atoms with E-state index in [1.54, 1.807) is 12.3 Å². The molecule has 0 amide bonds. The van der Waals surface area contributed by atoms with Crippen molar-refractivity contribution in [2.24, 2.45) is 0 Å². The Balaban J connectivity index is 2.10. The lowest BCUT2D eigenvalue weighted by Gasteiger charge is -2.06. The molecule has 3 heterocycles. The van der Waals surface area contributed by atoms with Crippen LogP contribution in [0.2, 0.25) is 5.02 Å². The highest BCUT2D eigenvalue weighted by Gasteiger charge is 2.12. The molecule has 0 bridgehead atoms. The SMILES string of the molecule is O=c1c(-c2ccccc2Cl)cnc2c3ccsc3ncn12. The molecule has 0 saturated carbocycles. The lowest BCUT2D eigenvalue weighted by atomic mass is 10.1. The zero-order valence-corrected chi connectivity index (χ0v) is 12.2. The van der Waals surface area contributed by atoms with Crippen LogP contribution in [0.15, 0.2) is 53.0 Å². The zero-order valence-electron chi connectivity index (χ0n) is 10.7. The van der Waals surface area contributed by atoms with Crippen LogP contribution in [0.3, 0.4) is 0 Å². The molecular weight excluding hydrogens is 306 g/mol. The highest BCUT2D eigenvalue weighted by Crippen LogP contribution is 2.26. The first-order chi connectivity index (χ1) is 10.3. The summed E-state index contributed by atoms with van der Waals surface area (Å²) in [7, 11) is 0. The smallest absolute Gasteiger partial charge is 0.267 e. The first-order valence-corrected chi connectivity index (χ1v) is 7.50. The first-order valence-electron chi connectivity index (χ1n) is 6.24. The van der Waals surface area contributed by atoms with Gasteiger partial charge in [-0.3, -0.25) is 4.79 Å². The number of fused-ring (bicyclic) bond motifs is 3. The summed E-state index contributed by atoms with van der Waals surface area (Å²) in [6.45, 7) is 0. The topological polar surface area (TPSA) is 47.3 Å². The molecule has 0 saturated heterocycles. The van der Waals surface area contributed by atoms with Crippen molar-refractivity contribution in [3.05, 3.63) is 63.6 Å². The van der Waals surface area contributed by atoms with Gasteiger partial charge in [-0.2, -0.15) is 0 Å². The molecule has 4 rings (SSSR count). The molecule has 0 fully saturated rings. The monoisotopic (exact) mass is 313 g/mol. The summed E-state index contributed by atoms with van der Waals surface area (Å²) in [4.78, 5) is 22.3. The number of nitrogens with zero attached hydrogens (tertiary/aromatic N) is 3. The van der Waals surface area contributed by atoms with Crippen LogP contribution >= 0.6 is 22.9 Å². The van der Waals surface area contributed by atoms with Gasteiger partial charge in [0.05, 0.1) is 10.9 Å². The van der Waals surface area contributed by atoms with Gasteiger partial charge in [0.2, 0.25) is 0 Å². The lowest BCUT2D eigenvalue weighted by Crippen LogP contribution is -2.17. The van der Waals surface area contributed by atoms with Crippen LogP contribution in [0.5, 0.6) is 0 Å². The molecule has 21 heavy (non-hydrogen) atoms. The molecule has 0 aliphatic carbocycles. The summed E-state index contributed by atoms with van der Waals surface area (Å²) in [5.41, 5.74) is 1.58. The molecule has 0 spiro atoms. The van der Waals surface area contributed by atoms with Gasteiger partial charge in [0.25, 0.3) is 5.56 Å². The van der Waals surface area contributed by atoms with Gasteiger partial charge in [-0.25, -0.2) is 14.4 Å². The predicted molar refractivity (Wildman–Crippen MR) is 85.1 cm³/mol. The highest BCUT2D eigenvalue weighted by atomic mass is 35.5. The largest absolute Gasteiger partial charge is 0.268 e. The van der Waals surface area contributed by atoms with Crippen molar-refractivity contribution in [1.29, 1.82) is 0 Å². The van der Waals surface area contributed by atoms with Crippen LogP contribution in [0, 0.1) is 0 Å². The summed E-state index contributed by atoms with van der Waals surface area (Å²) in [6, 6.07) is 9.16. The number of thiophene rings is 1. The second-order valence-electron chi connectivity index (χ2n) is 4.53. The van der Waals surface area contributed by atoms with Crippen molar-refractivity contribution in [2.75, 3.05) is 0 Å². The number of rotatable bonds is 1. The third kappa shape index (κ3) is 1.86. The van der Waals surface area contributed by atoms with Gasteiger partial charge in [-0.1, -0.05) is 29.8 Å². The Morgan fingerprint density at radius 3 is 2.81 bits per heavy atom. The van der Waals surface area contributed by atoms with Crippen LogP contribution in [0.25, 0.3) is 27.0 Å². The van der Waals surface area contributed by atoms with Gasteiger partial charge in [0, 0.05) is 16.8 Å². The van der Waals surface area contributed by atoms with Gasteiger partial charge in [-0.15, -0.1) is 11.3 Å². The average Bonchev–Trinajstić information content (AvgIpc) is 2.97. The molecule has 0 aliphatic heterocycles. The molecule has 4 aromatic rings. The Morgan fingerprint density at radius 2 is 1.95 bits per heavy atom. The summed E-state index contributed by atoms with van der Waals surface area (Å²) < 4.78 is 1.47. The molecule has 1 aromatic carbocycles. The van der Waals surface area contributed by atoms with Crippen LogP contribution < -0.4 is 5.56 Å². The first kappa shape index (κ1) is 12.5. The van der Waals surface area contributed by atoms with E-state index in [2.05, 4.69) is 9.97 Å². The Bertz CT molecular complexity index is 1040. The molecule has 0 atom stereocenters. The quantitative estimate of drug-likeness (QED) is 0.539. The van der Waals surface area contributed by atoms with E-state index in [9.17, 15) is 4.79 Å². The summed E-state index contributed by atoms with van der Waals surface area (Å²) in [5.74, 6) is 0. The number of hydrogen-bond donors (Lipinski definition) is 0. The van der Waals surface area contributed by atoms with Gasteiger partial charge in [0.15, 0.2) is 5.65 Å². The molecular formula is C15H8ClN3OS. The Labute approximate surface area is 128 Å². The molecule has 0 N–H and O–H groups in total. The zero-order chi connectivity index (χ0) is 14.4. The third-order valence-corrected chi connectivity index (χ3v) is 4.48. The minimum absolute atomic E-state index is 0.172. The molecule has 6 heteroatoms. The number of hydrogen-bond acceptors (Lipinski definition) is 4. The van der Waals surface area contributed by atoms with Crippen molar-refractivity contribution in [3.8, 4) is 11.1 Å². The van der Waals surface area contributed by atoms with E-state index in [0.29, 0.717) is 21.8 Å². The summed E-state index contributed by atoms with van der Waals surface area (Å²) in [6.07, 6.45) is 3.10. The number of benzene rings is 1. The van der Waals surface area contributed by atoms with Crippen molar-refractivity contribution in [1.82, 2.24) is 14.4 Å². The standard InChI is InChI=1S/C15H8ClN3OS/c16-12-4-2-1-3-9(12)11-7-17-13-10-5-6-21-14(10)18-8-19(13)15(11)20/h1-8H. The molecule has 0 unspecified atom stereocenters. The van der Waals surface area contributed by atoms with Gasteiger partial charge >= 0.3 is 0 Å². The van der Waals surface area contributed by atoms with Gasteiger partial charge in [0.1, 0.15) is 11.2 Å². The Morgan fingerprint density at radius 1 is 1.10 bits per heavy atom. The number of halogens is 1. The van der Waals surface area contributed by atoms with Crippen molar-refractivity contribution >= 4 is 38.8 Å². The van der Waals surface area contributed by atoms with E-state index < -0.39 is 0 Å². The molecule has 3 aromatic heterocycles. The fraction of sp³-hybridized carbons (Fsp3) is 0. The second-order valence-corrected chi connectivity index (χ2v) is 5.84. The Kier molecular flexibility index (Phi) is 2.77. The van der Waals surface area contributed by atoms with Crippen molar-refractivity contribution in [2.45, 2.75) is 0 Å². The van der Waals surface area contributed by atoms with Crippen LogP contribution in [0.4, 0.5) is 0 Å². The van der Waals surface area contributed by atoms with Crippen molar-refractivity contribution < 1.29 is 0 Å². The van der Waals surface area contributed by atoms with E-state index in [4.69, 9.17) is 11.6 Å². The highest BCUT2D eigenvalue weighted by molar-refractivity contribution is 7.16. The normalized spacial score (nSPS) is 11.3. The minimum atomic E-state index is -0.172. The minimum Gasteiger partial charge on any atom is -0.268 e.